The van der Waals surface area contributed by atoms with Crippen LogP contribution in [-0.4, -0.2) is 41.6 Å². The molecule has 0 fully saturated rings. The minimum atomic E-state index is -0.531. The standard InChI is InChI=1S/C16H14N8O3/c1-27-13-4-2-12(3-5-13)22-10-11(19-21-22)8-17-14-6-7-15-18-9-16(24(25)26)23(15)20-14/h2-7,9-10H,8H2,1H3,(H,17,20). The first-order valence-corrected chi connectivity index (χ1v) is 7.93. The number of nitrogens with zero attached hydrogens (tertiary/aromatic N) is 7. The molecule has 0 aliphatic heterocycles. The van der Waals surface area contributed by atoms with Crippen molar-refractivity contribution in [2.45, 2.75) is 6.54 Å². The number of fused-ring (bicyclic) bond motifs is 1. The Morgan fingerprint density at radius 2 is 2.04 bits per heavy atom. The van der Waals surface area contributed by atoms with Crippen LogP contribution in [0.3, 0.4) is 0 Å². The number of imidazole rings is 1. The second-order valence-electron chi connectivity index (χ2n) is 5.57. The highest BCUT2D eigenvalue weighted by molar-refractivity contribution is 5.48. The third-order valence-electron chi connectivity index (χ3n) is 3.86. The van der Waals surface area contributed by atoms with E-state index in [1.54, 1.807) is 30.1 Å². The largest absolute Gasteiger partial charge is 0.497 e. The van der Waals surface area contributed by atoms with Crippen molar-refractivity contribution in [3.63, 3.8) is 0 Å². The van der Waals surface area contributed by atoms with Gasteiger partial charge in [-0.25, -0.2) is 9.67 Å². The van der Waals surface area contributed by atoms with E-state index in [4.69, 9.17) is 4.74 Å². The predicted molar refractivity (Wildman–Crippen MR) is 94.9 cm³/mol. The molecule has 1 N–H and O–H groups in total. The monoisotopic (exact) mass is 366 g/mol. The van der Waals surface area contributed by atoms with Crippen molar-refractivity contribution in [3.8, 4) is 11.4 Å². The van der Waals surface area contributed by atoms with Gasteiger partial charge in [-0.2, -0.15) is 0 Å². The lowest BCUT2D eigenvalue weighted by molar-refractivity contribution is -0.391. The molecule has 0 spiro atoms. The normalized spacial score (nSPS) is 10.9. The van der Waals surface area contributed by atoms with Gasteiger partial charge in [-0.3, -0.25) is 0 Å². The Labute approximate surface area is 152 Å². The first-order valence-electron chi connectivity index (χ1n) is 7.93. The molecule has 11 nitrogen and oxygen atoms in total. The van der Waals surface area contributed by atoms with E-state index < -0.39 is 4.92 Å². The van der Waals surface area contributed by atoms with Crippen LogP contribution < -0.4 is 10.1 Å². The zero-order valence-electron chi connectivity index (χ0n) is 14.2. The van der Waals surface area contributed by atoms with E-state index in [0.717, 1.165) is 11.4 Å². The molecule has 0 bridgehead atoms. The number of rotatable bonds is 6. The molecule has 0 atom stereocenters. The average Bonchev–Trinajstić information content (AvgIpc) is 3.33. The lowest BCUT2D eigenvalue weighted by Crippen LogP contribution is -2.05. The number of hydrogen-bond donors (Lipinski definition) is 1. The van der Waals surface area contributed by atoms with E-state index in [9.17, 15) is 10.1 Å². The number of methoxy groups -OCH3 is 1. The molecule has 0 saturated carbocycles. The summed E-state index contributed by atoms with van der Waals surface area (Å²) >= 11 is 0. The topological polar surface area (TPSA) is 125 Å². The summed E-state index contributed by atoms with van der Waals surface area (Å²) in [5.74, 6) is 1.03. The highest BCUT2D eigenvalue weighted by atomic mass is 16.6. The fourth-order valence-electron chi connectivity index (χ4n) is 2.50. The van der Waals surface area contributed by atoms with Crippen molar-refractivity contribution in [2.75, 3.05) is 12.4 Å². The fraction of sp³-hybridized carbons (Fsp3) is 0.125. The Morgan fingerprint density at radius 1 is 1.22 bits per heavy atom. The van der Waals surface area contributed by atoms with Gasteiger partial charge in [0, 0.05) is 6.07 Å². The number of anilines is 1. The quantitative estimate of drug-likeness (QED) is 0.405. The smallest absolute Gasteiger partial charge is 0.368 e. The molecule has 1 aromatic carbocycles. The van der Waals surface area contributed by atoms with Gasteiger partial charge in [0.05, 0.1) is 25.5 Å². The van der Waals surface area contributed by atoms with Crippen LogP contribution in [-0.2, 0) is 6.54 Å². The Kier molecular flexibility index (Phi) is 4.09. The van der Waals surface area contributed by atoms with Crippen LogP contribution in [0.2, 0.25) is 0 Å². The maximum absolute atomic E-state index is 11.0. The van der Waals surface area contributed by atoms with Crippen LogP contribution >= 0.6 is 0 Å². The molecule has 3 aromatic heterocycles. The Hall–Kier alpha value is -4.02. The molecule has 3 heterocycles. The first-order chi connectivity index (χ1) is 13.1. The highest BCUT2D eigenvalue weighted by Gasteiger charge is 2.16. The molecule has 11 heteroatoms. The third-order valence-corrected chi connectivity index (χ3v) is 3.86. The van der Waals surface area contributed by atoms with Crippen LogP contribution in [0.25, 0.3) is 11.3 Å². The summed E-state index contributed by atoms with van der Waals surface area (Å²) in [6, 6.07) is 10.8. The van der Waals surface area contributed by atoms with Crippen molar-refractivity contribution in [2.24, 2.45) is 0 Å². The van der Waals surface area contributed by atoms with Gasteiger partial charge in [0.1, 0.15) is 17.6 Å². The molecule has 27 heavy (non-hydrogen) atoms. The molecule has 0 amide bonds. The molecule has 0 saturated heterocycles. The number of nitrogens with one attached hydrogen (secondary N) is 1. The van der Waals surface area contributed by atoms with E-state index in [1.807, 2.05) is 24.3 Å². The number of benzene rings is 1. The Morgan fingerprint density at radius 3 is 2.78 bits per heavy atom. The van der Waals surface area contributed by atoms with Crippen molar-refractivity contribution in [1.29, 1.82) is 0 Å². The first kappa shape index (κ1) is 16.4. The summed E-state index contributed by atoms with van der Waals surface area (Å²) in [4.78, 5) is 14.4. The molecule has 136 valence electrons. The predicted octanol–water partition coefficient (Wildman–Crippen LogP) is 1.84. The number of ether oxygens (including phenoxy) is 1. The Bertz CT molecular complexity index is 1100. The highest BCUT2D eigenvalue weighted by Crippen LogP contribution is 2.16. The van der Waals surface area contributed by atoms with E-state index >= 15 is 0 Å². The van der Waals surface area contributed by atoms with E-state index in [1.165, 1.54) is 10.7 Å². The SMILES string of the molecule is COc1ccc(-n2cc(CNc3ccc4ncc([N+](=O)[O-])n4n3)nn2)cc1. The summed E-state index contributed by atoms with van der Waals surface area (Å²) in [6.45, 7) is 0.358. The average molecular weight is 366 g/mol. The van der Waals surface area contributed by atoms with Gasteiger partial charge in [0.25, 0.3) is 0 Å². The number of hydrogen-bond acceptors (Lipinski definition) is 8. The van der Waals surface area contributed by atoms with Crippen molar-refractivity contribution < 1.29 is 9.66 Å². The molecule has 0 unspecified atom stereocenters. The van der Waals surface area contributed by atoms with E-state index in [0.29, 0.717) is 23.7 Å². The maximum Gasteiger partial charge on any atom is 0.368 e. The molecule has 0 radical (unpaired) electrons. The summed E-state index contributed by atoms with van der Waals surface area (Å²) in [7, 11) is 1.61. The fourth-order valence-corrected chi connectivity index (χ4v) is 2.50. The third kappa shape index (κ3) is 3.25. The summed E-state index contributed by atoms with van der Waals surface area (Å²) in [5, 5.41) is 26.5. The second-order valence-corrected chi connectivity index (χ2v) is 5.57. The minimum absolute atomic E-state index is 0.195. The lowest BCUT2D eigenvalue weighted by atomic mass is 10.3. The molecule has 4 rings (SSSR count). The van der Waals surface area contributed by atoms with Crippen LogP contribution in [0, 0.1) is 10.1 Å². The number of aromatic nitrogens is 6. The van der Waals surface area contributed by atoms with Gasteiger partial charge in [-0.15, -0.1) is 5.10 Å². The van der Waals surface area contributed by atoms with Gasteiger partial charge in [0.15, 0.2) is 5.82 Å². The zero-order valence-corrected chi connectivity index (χ0v) is 14.2. The van der Waals surface area contributed by atoms with Crippen LogP contribution in [0.5, 0.6) is 5.75 Å². The van der Waals surface area contributed by atoms with E-state index in [-0.39, 0.29) is 5.82 Å². The van der Waals surface area contributed by atoms with Gasteiger partial charge in [-0.05, 0) is 35.3 Å². The summed E-state index contributed by atoms with van der Waals surface area (Å²) < 4.78 is 7.96. The van der Waals surface area contributed by atoms with Gasteiger partial charge < -0.3 is 20.2 Å². The molecular formula is C16H14N8O3. The van der Waals surface area contributed by atoms with Gasteiger partial charge >= 0.3 is 5.82 Å². The molecule has 4 aromatic rings. The summed E-state index contributed by atoms with van der Waals surface area (Å²) in [5.41, 5.74) is 1.94. The van der Waals surface area contributed by atoms with Crippen LogP contribution in [0.4, 0.5) is 11.6 Å². The molecule has 0 aliphatic rings. The molecule has 0 aliphatic carbocycles. The lowest BCUT2D eigenvalue weighted by Gasteiger charge is -2.02. The maximum atomic E-state index is 11.0. The summed E-state index contributed by atoms with van der Waals surface area (Å²) in [6.07, 6.45) is 2.96. The van der Waals surface area contributed by atoms with Crippen molar-refractivity contribution >= 4 is 17.3 Å². The van der Waals surface area contributed by atoms with Crippen molar-refractivity contribution in [1.82, 2.24) is 29.6 Å². The Balaban J connectivity index is 1.49. The molecular weight excluding hydrogens is 352 g/mol. The minimum Gasteiger partial charge on any atom is -0.497 e. The van der Waals surface area contributed by atoms with E-state index in [2.05, 4.69) is 25.7 Å². The van der Waals surface area contributed by atoms with Crippen LogP contribution in [0.1, 0.15) is 5.69 Å². The van der Waals surface area contributed by atoms with Crippen LogP contribution in [0.15, 0.2) is 48.8 Å². The van der Waals surface area contributed by atoms with Crippen molar-refractivity contribution in [3.05, 3.63) is 64.6 Å². The zero-order chi connectivity index (χ0) is 18.8. The van der Waals surface area contributed by atoms with Gasteiger partial charge in [-0.1, -0.05) is 14.8 Å². The second kappa shape index (κ2) is 6.71. The number of nitro groups is 1. The van der Waals surface area contributed by atoms with Gasteiger partial charge in [0.2, 0.25) is 5.65 Å².